The molecule has 0 amide bonds. The number of benzene rings is 2. The van der Waals surface area contributed by atoms with Crippen LogP contribution in [0.1, 0.15) is 23.1 Å². The highest BCUT2D eigenvalue weighted by Crippen LogP contribution is 2.43. The van der Waals surface area contributed by atoms with E-state index in [-0.39, 0.29) is 0 Å². The standard InChI is InChI=1S/C23H29O4/c1-5-15-27-16-14-20-17-19(13-9-12-18-10-7-6-8-11-18)21(24-2)23(26-4)22(20)25-3/h5-8,10-11H,1,9,12-16H2,2-4H3. The van der Waals surface area contributed by atoms with Crippen molar-refractivity contribution in [1.82, 2.24) is 0 Å². The van der Waals surface area contributed by atoms with Gasteiger partial charge < -0.3 is 18.9 Å². The first kappa shape index (κ1) is 20.8. The lowest BCUT2D eigenvalue weighted by Crippen LogP contribution is -2.06. The average molecular weight is 369 g/mol. The topological polar surface area (TPSA) is 36.9 Å². The SMILES string of the molecule is C=CCOCCc1[c]c(CCCc2ccccc2)c(OC)c(OC)c1OC. The maximum atomic E-state index is 5.63. The molecule has 0 aliphatic heterocycles. The molecular formula is C23H29O4. The molecule has 0 spiro atoms. The van der Waals surface area contributed by atoms with E-state index in [9.17, 15) is 0 Å². The number of hydrogen-bond donors (Lipinski definition) is 0. The van der Waals surface area contributed by atoms with Crippen molar-refractivity contribution in [2.45, 2.75) is 25.7 Å². The number of aryl methyl sites for hydroxylation is 2. The molecule has 0 fully saturated rings. The minimum Gasteiger partial charge on any atom is -0.492 e. The van der Waals surface area contributed by atoms with Gasteiger partial charge in [-0.15, -0.1) is 6.58 Å². The highest BCUT2D eigenvalue weighted by molar-refractivity contribution is 5.59. The van der Waals surface area contributed by atoms with Crippen LogP contribution in [-0.4, -0.2) is 34.5 Å². The summed E-state index contributed by atoms with van der Waals surface area (Å²) in [6.45, 7) is 4.76. The lowest BCUT2D eigenvalue weighted by molar-refractivity contribution is 0.165. The second kappa shape index (κ2) is 11.3. The Morgan fingerprint density at radius 2 is 1.48 bits per heavy atom. The minimum absolute atomic E-state index is 0.527. The third kappa shape index (κ3) is 5.76. The summed E-state index contributed by atoms with van der Waals surface area (Å²) in [6, 6.07) is 14.0. The summed E-state index contributed by atoms with van der Waals surface area (Å²) >= 11 is 0. The molecule has 0 N–H and O–H groups in total. The van der Waals surface area contributed by atoms with Gasteiger partial charge in [0.25, 0.3) is 0 Å². The van der Waals surface area contributed by atoms with Crippen LogP contribution in [0, 0.1) is 6.07 Å². The van der Waals surface area contributed by atoms with Crippen LogP contribution in [0.2, 0.25) is 0 Å². The van der Waals surface area contributed by atoms with E-state index in [1.807, 2.05) is 6.07 Å². The van der Waals surface area contributed by atoms with Crippen LogP contribution >= 0.6 is 0 Å². The second-order valence-electron chi connectivity index (χ2n) is 6.13. The third-order valence-corrected chi connectivity index (χ3v) is 4.34. The molecule has 0 aliphatic rings. The van der Waals surface area contributed by atoms with E-state index in [1.54, 1.807) is 27.4 Å². The van der Waals surface area contributed by atoms with Crippen molar-refractivity contribution in [3.63, 3.8) is 0 Å². The van der Waals surface area contributed by atoms with Crippen LogP contribution in [0.25, 0.3) is 0 Å². The van der Waals surface area contributed by atoms with Crippen molar-refractivity contribution in [2.75, 3.05) is 34.5 Å². The summed E-state index contributed by atoms with van der Waals surface area (Å²) in [5.41, 5.74) is 3.27. The van der Waals surface area contributed by atoms with E-state index < -0.39 is 0 Å². The van der Waals surface area contributed by atoms with Gasteiger partial charge in [0.15, 0.2) is 11.5 Å². The van der Waals surface area contributed by atoms with E-state index in [2.05, 4.69) is 36.9 Å². The monoisotopic (exact) mass is 369 g/mol. The van der Waals surface area contributed by atoms with Gasteiger partial charge in [0, 0.05) is 17.5 Å². The normalized spacial score (nSPS) is 10.5. The first-order valence-electron chi connectivity index (χ1n) is 9.20. The maximum Gasteiger partial charge on any atom is 0.203 e. The lowest BCUT2D eigenvalue weighted by atomic mass is 9.99. The van der Waals surface area contributed by atoms with Gasteiger partial charge in [0.2, 0.25) is 5.75 Å². The van der Waals surface area contributed by atoms with Gasteiger partial charge in [-0.1, -0.05) is 36.4 Å². The molecule has 2 aromatic carbocycles. The number of rotatable bonds is 12. The Labute approximate surface area is 162 Å². The van der Waals surface area contributed by atoms with Gasteiger partial charge in [-0.3, -0.25) is 0 Å². The smallest absolute Gasteiger partial charge is 0.203 e. The van der Waals surface area contributed by atoms with Crippen molar-refractivity contribution in [2.24, 2.45) is 0 Å². The molecule has 0 bridgehead atoms. The fourth-order valence-corrected chi connectivity index (χ4v) is 3.10. The minimum atomic E-state index is 0.527. The molecule has 0 heterocycles. The molecule has 4 nitrogen and oxygen atoms in total. The zero-order chi connectivity index (χ0) is 19.5. The molecule has 0 saturated heterocycles. The fourth-order valence-electron chi connectivity index (χ4n) is 3.10. The van der Waals surface area contributed by atoms with Crippen molar-refractivity contribution < 1.29 is 18.9 Å². The Kier molecular flexibility index (Phi) is 8.72. The first-order valence-corrected chi connectivity index (χ1v) is 9.20. The molecule has 4 heteroatoms. The predicted octanol–water partition coefficient (Wildman–Crippen LogP) is 4.43. The zero-order valence-corrected chi connectivity index (χ0v) is 16.5. The van der Waals surface area contributed by atoms with Gasteiger partial charge in [-0.2, -0.15) is 0 Å². The molecule has 0 aromatic heterocycles. The molecule has 27 heavy (non-hydrogen) atoms. The summed E-state index contributed by atoms with van der Waals surface area (Å²) in [4.78, 5) is 0. The highest BCUT2D eigenvalue weighted by Gasteiger charge is 2.20. The Morgan fingerprint density at radius 1 is 0.852 bits per heavy atom. The number of hydrogen-bond acceptors (Lipinski definition) is 4. The van der Waals surface area contributed by atoms with Gasteiger partial charge in [0.05, 0.1) is 34.5 Å². The van der Waals surface area contributed by atoms with E-state index >= 15 is 0 Å². The average Bonchev–Trinajstić information content (AvgIpc) is 2.71. The molecule has 0 aliphatic carbocycles. The van der Waals surface area contributed by atoms with E-state index in [1.165, 1.54) is 5.56 Å². The van der Waals surface area contributed by atoms with Crippen molar-refractivity contribution >= 4 is 0 Å². The third-order valence-electron chi connectivity index (χ3n) is 4.34. The second-order valence-corrected chi connectivity index (χ2v) is 6.13. The van der Waals surface area contributed by atoms with Crippen LogP contribution in [-0.2, 0) is 24.0 Å². The van der Waals surface area contributed by atoms with Gasteiger partial charge in [-0.25, -0.2) is 0 Å². The fraction of sp³-hybridized carbons (Fsp3) is 0.391. The predicted molar refractivity (Wildman–Crippen MR) is 108 cm³/mol. The summed E-state index contributed by atoms with van der Waals surface area (Å²) in [5.74, 6) is 1.97. The van der Waals surface area contributed by atoms with E-state index in [4.69, 9.17) is 18.9 Å². The number of methoxy groups -OCH3 is 3. The van der Waals surface area contributed by atoms with Crippen LogP contribution in [0.4, 0.5) is 0 Å². The molecule has 2 rings (SSSR count). The quantitative estimate of drug-likeness (QED) is 0.410. The van der Waals surface area contributed by atoms with E-state index in [0.29, 0.717) is 36.9 Å². The van der Waals surface area contributed by atoms with Crippen LogP contribution in [0.3, 0.4) is 0 Å². The van der Waals surface area contributed by atoms with Gasteiger partial charge in [0.1, 0.15) is 0 Å². The first-order chi connectivity index (χ1) is 13.2. The highest BCUT2D eigenvalue weighted by atomic mass is 16.5. The summed E-state index contributed by atoms with van der Waals surface area (Å²) < 4.78 is 22.3. The van der Waals surface area contributed by atoms with Crippen molar-refractivity contribution in [1.29, 1.82) is 0 Å². The van der Waals surface area contributed by atoms with Crippen LogP contribution in [0.5, 0.6) is 17.2 Å². The maximum absolute atomic E-state index is 5.63. The van der Waals surface area contributed by atoms with Crippen molar-refractivity contribution in [3.05, 3.63) is 65.7 Å². The van der Waals surface area contributed by atoms with Crippen LogP contribution in [0.15, 0.2) is 43.0 Å². The Balaban J connectivity index is 2.20. The molecule has 2 aromatic rings. The largest absolute Gasteiger partial charge is 0.492 e. The Hall–Kier alpha value is -2.46. The lowest BCUT2D eigenvalue weighted by Gasteiger charge is -2.19. The van der Waals surface area contributed by atoms with E-state index in [0.717, 1.165) is 30.4 Å². The molecule has 0 atom stereocenters. The van der Waals surface area contributed by atoms with Crippen molar-refractivity contribution in [3.8, 4) is 17.2 Å². The summed E-state index contributed by atoms with van der Waals surface area (Å²) in [5, 5.41) is 0. The van der Waals surface area contributed by atoms with Gasteiger partial charge in [-0.05, 0) is 30.9 Å². The molecule has 0 unspecified atom stereocenters. The number of ether oxygens (including phenoxy) is 4. The van der Waals surface area contributed by atoms with Crippen LogP contribution < -0.4 is 14.2 Å². The molecule has 1 radical (unpaired) electrons. The summed E-state index contributed by atoms with van der Waals surface area (Å²) in [6.07, 6.45) is 5.27. The van der Waals surface area contributed by atoms with Gasteiger partial charge >= 0.3 is 0 Å². The summed E-state index contributed by atoms with van der Waals surface area (Å²) in [7, 11) is 4.92. The molecular weight excluding hydrogens is 340 g/mol. The Morgan fingerprint density at radius 3 is 2.07 bits per heavy atom. The molecule has 0 saturated carbocycles. The Bertz CT molecular complexity index is 710. The molecule has 145 valence electrons. The zero-order valence-electron chi connectivity index (χ0n) is 16.5.